The van der Waals surface area contributed by atoms with Crippen LogP contribution in [0.15, 0.2) is 67.3 Å². The Balaban J connectivity index is 1.30. The summed E-state index contributed by atoms with van der Waals surface area (Å²) < 4.78 is 1.95. The van der Waals surface area contributed by atoms with Gasteiger partial charge in [0.1, 0.15) is 0 Å². The van der Waals surface area contributed by atoms with E-state index in [0.717, 1.165) is 55.2 Å². The van der Waals surface area contributed by atoms with Crippen molar-refractivity contribution < 1.29 is 4.79 Å². The van der Waals surface area contributed by atoms with E-state index < -0.39 is 0 Å². The zero-order valence-electron chi connectivity index (χ0n) is 18.4. The third-order valence-electron chi connectivity index (χ3n) is 6.04. The van der Waals surface area contributed by atoms with Crippen LogP contribution in [0.3, 0.4) is 0 Å². The van der Waals surface area contributed by atoms with Crippen LogP contribution in [0, 0.1) is 0 Å². The average molecular weight is 461 g/mol. The van der Waals surface area contributed by atoms with E-state index in [2.05, 4.69) is 32.1 Å². The van der Waals surface area contributed by atoms with Crippen LogP contribution in [-0.2, 0) is 6.54 Å². The second kappa shape index (κ2) is 9.31. The number of halogens is 1. The number of nitrogens with one attached hydrogen (secondary N) is 1. The van der Waals surface area contributed by atoms with Crippen LogP contribution >= 0.6 is 11.6 Å². The lowest BCUT2D eigenvalue weighted by Gasteiger charge is -2.32. The number of carbonyl (C=O) groups is 1. The second-order valence-electron chi connectivity index (χ2n) is 8.37. The van der Waals surface area contributed by atoms with Gasteiger partial charge in [0.15, 0.2) is 5.65 Å². The predicted octanol–water partition coefficient (Wildman–Crippen LogP) is 4.05. The predicted molar refractivity (Wildman–Crippen MR) is 131 cm³/mol. The molecule has 0 spiro atoms. The number of aromatic nitrogens is 3. The molecule has 2 aromatic carbocycles. The van der Waals surface area contributed by atoms with E-state index >= 15 is 0 Å². The Morgan fingerprint density at radius 3 is 2.76 bits per heavy atom. The van der Waals surface area contributed by atoms with Crippen molar-refractivity contribution in [2.45, 2.75) is 6.54 Å². The van der Waals surface area contributed by atoms with Crippen molar-refractivity contribution in [2.24, 2.45) is 0 Å². The molecule has 4 aromatic rings. The molecule has 2 aromatic heterocycles. The molecule has 0 atom stereocenters. The summed E-state index contributed by atoms with van der Waals surface area (Å²) in [6.45, 7) is 5.01. The molecule has 0 bridgehead atoms. The lowest BCUT2D eigenvalue weighted by Crippen LogP contribution is -2.43. The van der Waals surface area contributed by atoms with Crippen molar-refractivity contribution >= 4 is 28.8 Å². The minimum Gasteiger partial charge on any atom is -0.322 e. The maximum Gasteiger partial charge on any atom is 0.255 e. The summed E-state index contributed by atoms with van der Waals surface area (Å²) in [6.07, 6.45) is 7.06. The standard InChI is InChI=1S/C25H25ClN6O/c1-30-9-11-31(12-10-30)17-20-5-6-21(14-22(20)26)29-25(33)19-4-2-3-18(13-19)23-15-28-24-16-27-7-8-32(23)24/h2-8,13-16H,9-12,17H2,1H3,(H,29,33). The Bertz CT molecular complexity index is 1300. The Hall–Kier alpha value is -3.26. The van der Waals surface area contributed by atoms with Crippen molar-refractivity contribution in [3.05, 3.63) is 83.4 Å². The first kappa shape index (κ1) is 21.6. The number of likely N-dealkylation sites (N-methyl/N-ethyl adjacent to an activating group) is 1. The van der Waals surface area contributed by atoms with E-state index in [1.54, 1.807) is 24.7 Å². The van der Waals surface area contributed by atoms with E-state index in [4.69, 9.17) is 11.6 Å². The third kappa shape index (κ3) is 4.75. The van der Waals surface area contributed by atoms with Crippen LogP contribution < -0.4 is 5.32 Å². The highest BCUT2D eigenvalue weighted by Gasteiger charge is 2.16. The first-order valence-electron chi connectivity index (χ1n) is 10.9. The number of anilines is 1. The molecule has 1 N–H and O–H groups in total. The molecule has 1 aliphatic heterocycles. The Labute approximate surface area is 197 Å². The fraction of sp³-hybridized carbons (Fsp3) is 0.240. The Morgan fingerprint density at radius 2 is 1.94 bits per heavy atom. The van der Waals surface area contributed by atoms with Crippen molar-refractivity contribution in [3.8, 4) is 11.3 Å². The number of imidazole rings is 1. The number of rotatable bonds is 5. The lowest BCUT2D eigenvalue weighted by atomic mass is 10.1. The quantitative estimate of drug-likeness (QED) is 0.486. The molecule has 33 heavy (non-hydrogen) atoms. The highest BCUT2D eigenvalue weighted by atomic mass is 35.5. The van der Waals surface area contributed by atoms with E-state index in [-0.39, 0.29) is 5.91 Å². The Kier molecular flexibility index (Phi) is 6.09. The van der Waals surface area contributed by atoms with Crippen LogP contribution in [0.2, 0.25) is 5.02 Å². The molecular weight excluding hydrogens is 436 g/mol. The summed E-state index contributed by atoms with van der Waals surface area (Å²) >= 11 is 6.55. The normalized spacial score (nSPS) is 15.1. The monoisotopic (exact) mass is 460 g/mol. The van der Waals surface area contributed by atoms with Crippen LogP contribution in [0.5, 0.6) is 0 Å². The first-order chi connectivity index (χ1) is 16.1. The van der Waals surface area contributed by atoms with Gasteiger partial charge >= 0.3 is 0 Å². The van der Waals surface area contributed by atoms with Crippen LogP contribution in [0.1, 0.15) is 15.9 Å². The number of piperazine rings is 1. The molecule has 5 rings (SSSR count). The highest BCUT2D eigenvalue weighted by molar-refractivity contribution is 6.31. The summed E-state index contributed by atoms with van der Waals surface area (Å²) in [5.74, 6) is -0.185. The molecule has 0 saturated carbocycles. The van der Waals surface area contributed by atoms with Gasteiger partial charge in [0.05, 0.1) is 18.1 Å². The number of hydrogen-bond donors (Lipinski definition) is 1. The van der Waals surface area contributed by atoms with Crippen molar-refractivity contribution in [3.63, 3.8) is 0 Å². The summed E-state index contributed by atoms with van der Waals surface area (Å²) in [5, 5.41) is 3.64. The fourth-order valence-electron chi connectivity index (χ4n) is 4.08. The third-order valence-corrected chi connectivity index (χ3v) is 6.39. The van der Waals surface area contributed by atoms with Crippen LogP contribution in [-0.4, -0.2) is 63.3 Å². The molecule has 168 valence electrons. The molecule has 1 saturated heterocycles. The Morgan fingerprint density at radius 1 is 1.09 bits per heavy atom. The smallest absolute Gasteiger partial charge is 0.255 e. The zero-order valence-corrected chi connectivity index (χ0v) is 19.2. The molecular formula is C25H25ClN6O. The summed E-state index contributed by atoms with van der Waals surface area (Å²) in [5.41, 5.74) is 4.88. The summed E-state index contributed by atoms with van der Waals surface area (Å²) in [4.78, 5) is 26.2. The lowest BCUT2D eigenvalue weighted by molar-refractivity contribution is 0.102. The van der Waals surface area contributed by atoms with Crippen molar-refractivity contribution in [2.75, 3.05) is 38.5 Å². The first-order valence-corrected chi connectivity index (χ1v) is 11.3. The number of hydrogen-bond acceptors (Lipinski definition) is 5. The number of nitrogens with zero attached hydrogens (tertiary/aromatic N) is 5. The SMILES string of the molecule is CN1CCN(Cc2ccc(NC(=O)c3cccc(-c4cnc5cnccn45)c3)cc2Cl)CC1. The van der Waals surface area contributed by atoms with Gasteiger partial charge < -0.3 is 10.2 Å². The van der Waals surface area contributed by atoms with Gasteiger partial charge in [-0.05, 0) is 36.9 Å². The van der Waals surface area contributed by atoms with E-state index in [1.165, 1.54) is 0 Å². The van der Waals surface area contributed by atoms with E-state index in [1.807, 2.05) is 47.0 Å². The molecule has 7 nitrogen and oxygen atoms in total. The van der Waals surface area contributed by atoms with Gasteiger partial charge in [0.25, 0.3) is 5.91 Å². The minimum atomic E-state index is -0.185. The minimum absolute atomic E-state index is 0.185. The largest absolute Gasteiger partial charge is 0.322 e. The number of amides is 1. The molecule has 1 aliphatic rings. The second-order valence-corrected chi connectivity index (χ2v) is 8.78. The average Bonchev–Trinajstić information content (AvgIpc) is 3.26. The topological polar surface area (TPSA) is 65.8 Å². The van der Waals surface area contributed by atoms with Gasteiger partial charge in [0.2, 0.25) is 0 Å². The molecule has 0 radical (unpaired) electrons. The molecule has 8 heteroatoms. The highest BCUT2D eigenvalue weighted by Crippen LogP contribution is 2.25. The van der Waals surface area contributed by atoms with Gasteiger partial charge in [-0.25, -0.2) is 4.98 Å². The van der Waals surface area contributed by atoms with Crippen molar-refractivity contribution in [1.82, 2.24) is 24.2 Å². The van der Waals surface area contributed by atoms with Gasteiger partial charge in [-0.3, -0.25) is 19.1 Å². The molecule has 1 amide bonds. The molecule has 0 aliphatic carbocycles. The zero-order chi connectivity index (χ0) is 22.8. The van der Waals surface area contributed by atoms with E-state index in [9.17, 15) is 4.79 Å². The van der Waals surface area contributed by atoms with Crippen molar-refractivity contribution in [1.29, 1.82) is 0 Å². The molecule has 1 fully saturated rings. The van der Waals surface area contributed by atoms with Gasteiger partial charge in [-0.2, -0.15) is 0 Å². The maximum atomic E-state index is 12.9. The van der Waals surface area contributed by atoms with Gasteiger partial charge in [0, 0.05) is 67.0 Å². The number of benzene rings is 2. The number of carbonyl (C=O) groups excluding carboxylic acids is 1. The fourth-order valence-corrected chi connectivity index (χ4v) is 4.32. The molecule has 0 unspecified atom stereocenters. The number of fused-ring (bicyclic) bond motifs is 1. The van der Waals surface area contributed by atoms with E-state index in [0.29, 0.717) is 16.3 Å². The summed E-state index contributed by atoms with van der Waals surface area (Å²) in [6, 6.07) is 13.2. The van der Waals surface area contributed by atoms with Gasteiger partial charge in [-0.15, -0.1) is 0 Å². The maximum absolute atomic E-state index is 12.9. The summed E-state index contributed by atoms with van der Waals surface area (Å²) in [7, 11) is 2.15. The van der Waals surface area contributed by atoms with Gasteiger partial charge in [-0.1, -0.05) is 29.8 Å². The molecule has 3 heterocycles. The van der Waals surface area contributed by atoms with Crippen LogP contribution in [0.4, 0.5) is 5.69 Å². The van der Waals surface area contributed by atoms with Crippen LogP contribution in [0.25, 0.3) is 16.9 Å².